The molecule has 2 heterocycles. The molecule has 2 aliphatic heterocycles. The van der Waals surface area contributed by atoms with E-state index < -0.39 is 0 Å². The Bertz CT molecular complexity index is 627. The van der Waals surface area contributed by atoms with E-state index in [0.717, 1.165) is 37.4 Å². The maximum Gasteiger partial charge on any atom is 0.166 e. The Hall–Kier alpha value is -1.52. The molecular formula is C18H23NO3. The molecule has 1 N–H and O–H groups in total. The number of aliphatic hydroxyl groups excluding tert-OH is 1. The molecule has 0 radical (unpaired) electrons. The van der Waals surface area contributed by atoms with Crippen LogP contribution in [0.4, 0.5) is 0 Å². The Labute approximate surface area is 131 Å². The van der Waals surface area contributed by atoms with E-state index in [1.807, 2.05) is 6.07 Å². The van der Waals surface area contributed by atoms with Crippen molar-refractivity contribution >= 4 is 0 Å². The van der Waals surface area contributed by atoms with Crippen molar-refractivity contribution in [2.75, 3.05) is 27.3 Å². The molecule has 0 fully saturated rings. The van der Waals surface area contributed by atoms with Crippen LogP contribution in [0.25, 0.3) is 0 Å². The van der Waals surface area contributed by atoms with Crippen LogP contribution in [0.2, 0.25) is 0 Å². The highest BCUT2D eigenvalue weighted by molar-refractivity contribution is 5.60. The lowest BCUT2D eigenvalue weighted by Crippen LogP contribution is -2.42. The Morgan fingerprint density at radius 3 is 3.09 bits per heavy atom. The van der Waals surface area contributed by atoms with Gasteiger partial charge in [0.1, 0.15) is 6.10 Å². The number of methoxy groups -OCH3 is 1. The van der Waals surface area contributed by atoms with Crippen molar-refractivity contribution in [1.82, 2.24) is 4.90 Å². The van der Waals surface area contributed by atoms with Gasteiger partial charge in [-0.3, -0.25) is 0 Å². The third kappa shape index (κ3) is 1.83. The molecule has 0 aromatic heterocycles. The minimum atomic E-state index is -0.0599. The summed E-state index contributed by atoms with van der Waals surface area (Å²) in [6.07, 6.45) is 6.51. The molecule has 0 amide bonds. The van der Waals surface area contributed by atoms with Gasteiger partial charge in [0.2, 0.25) is 0 Å². The molecule has 1 aromatic carbocycles. The lowest BCUT2D eigenvalue weighted by Gasteiger charge is -2.36. The molecule has 3 aliphatic rings. The standard InChI is InChI=1S/C18H23NO3/c1-19-8-7-18-6-5-12(11-20)9-15(18)22-17-14(21-2)4-3-13(10-19)16(17)18/h3-6,12,15,20H,7-11H2,1-2H3/t12?,15-,18-/m0/s1. The minimum absolute atomic E-state index is 0.0599. The van der Waals surface area contributed by atoms with Gasteiger partial charge in [0.25, 0.3) is 0 Å². The summed E-state index contributed by atoms with van der Waals surface area (Å²) in [7, 11) is 3.87. The molecule has 0 saturated carbocycles. The number of benzene rings is 1. The van der Waals surface area contributed by atoms with Gasteiger partial charge in [0.05, 0.1) is 12.5 Å². The summed E-state index contributed by atoms with van der Waals surface area (Å²) in [5.74, 6) is 1.94. The van der Waals surface area contributed by atoms with E-state index in [9.17, 15) is 5.11 Å². The molecule has 4 heteroatoms. The molecule has 4 nitrogen and oxygen atoms in total. The summed E-state index contributed by atoms with van der Waals surface area (Å²) in [4.78, 5) is 2.37. The Morgan fingerprint density at radius 1 is 1.45 bits per heavy atom. The van der Waals surface area contributed by atoms with Crippen LogP contribution in [0, 0.1) is 5.92 Å². The molecule has 3 atom stereocenters. The van der Waals surface area contributed by atoms with Crippen molar-refractivity contribution in [3.05, 3.63) is 35.4 Å². The van der Waals surface area contributed by atoms with Crippen molar-refractivity contribution in [2.24, 2.45) is 5.92 Å². The SMILES string of the molecule is COc1ccc2c3c1O[C@H]1CC(CO)C=C[C@@]31CCN(C)C2. The van der Waals surface area contributed by atoms with Crippen LogP contribution in [0.3, 0.4) is 0 Å². The van der Waals surface area contributed by atoms with Crippen molar-refractivity contribution in [3.63, 3.8) is 0 Å². The number of nitrogens with zero attached hydrogens (tertiary/aromatic N) is 1. The fourth-order valence-electron chi connectivity index (χ4n) is 4.29. The van der Waals surface area contributed by atoms with Crippen molar-refractivity contribution in [2.45, 2.75) is 30.9 Å². The molecule has 1 spiro atoms. The highest BCUT2D eigenvalue weighted by Gasteiger charge is 2.52. The Kier molecular flexibility index (Phi) is 3.20. The predicted octanol–water partition coefficient (Wildman–Crippen LogP) is 2.10. The van der Waals surface area contributed by atoms with Crippen LogP contribution in [0.1, 0.15) is 24.0 Å². The minimum Gasteiger partial charge on any atom is -0.493 e. The number of aliphatic hydroxyl groups is 1. The summed E-state index contributed by atoms with van der Waals surface area (Å²) >= 11 is 0. The quantitative estimate of drug-likeness (QED) is 0.850. The highest BCUT2D eigenvalue weighted by Crippen LogP contribution is 2.56. The first-order chi connectivity index (χ1) is 10.7. The van der Waals surface area contributed by atoms with E-state index >= 15 is 0 Å². The molecule has 0 bridgehead atoms. The normalized spacial score (nSPS) is 32.9. The summed E-state index contributed by atoms with van der Waals surface area (Å²) in [6.45, 7) is 2.18. The largest absolute Gasteiger partial charge is 0.493 e. The van der Waals surface area contributed by atoms with Gasteiger partial charge in [0.15, 0.2) is 11.5 Å². The van der Waals surface area contributed by atoms with Gasteiger partial charge >= 0.3 is 0 Å². The predicted molar refractivity (Wildman–Crippen MR) is 84.4 cm³/mol. The van der Waals surface area contributed by atoms with Crippen molar-refractivity contribution < 1.29 is 14.6 Å². The third-order valence-corrected chi connectivity index (χ3v) is 5.49. The van der Waals surface area contributed by atoms with E-state index in [1.165, 1.54) is 11.1 Å². The van der Waals surface area contributed by atoms with Crippen LogP contribution in [0.5, 0.6) is 11.5 Å². The number of rotatable bonds is 2. The third-order valence-electron chi connectivity index (χ3n) is 5.49. The van der Waals surface area contributed by atoms with Crippen molar-refractivity contribution in [1.29, 1.82) is 0 Å². The molecule has 1 aromatic rings. The highest BCUT2D eigenvalue weighted by atomic mass is 16.5. The van der Waals surface area contributed by atoms with Gasteiger partial charge in [0, 0.05) is 24.6 Å². The van der Waals surface area contributed by atoms with Gasteiger partial charge in [-0.05, 0) is 38.1 Å². The zero-order chi connectivity index (χ0) is 15.3. The van der Waals surface area contributed by atoms with Gasteiger partial charge in [-0.25, -0.2) is 0 Å². The first-order valence-electron chi connectivity index (χ1n) is 8.03. The van der Waals surface area contributed by atoms with Gasteiger partial charge in [-0.1, -0.05) is 18.2 Å². The number of ether oxygens (including phenoxy) is 2. The molecule has 118 valence electrons. The van der Waals surface area contributed by atoms with Crippen LogP contribution < -0.4 is 9.47 Å². The van der Waals surface area contributed by atoms with Crippen molar-refractivity contribution in [3.8, 4) is 11.5 Å². The monoisotopic (exact) mass is 301 g/mol. The first-order valence-corrected chi connectivity index (χ1v) is 8.03. The zero-order valence-electron chi connectivity index (χ0n) is 13.2. The van der Waals surface area contributed by atoms with Gasteiger partial charge in [-0.15, -0.1) is 0 Å². The maximum atomic E-state index is 9.51. The van der Waals surface area contributed by atoms with E-state index in [4.69, 9.17) is 9.47 Å². The van der Waals surface area contributed by atoms with Crippen LogP contribution >= 0.6 is 0 Å². The molecular weight excluding hydrogens is 278 g/mol. The fraction of sp³-hybridized carbons (Fsp3) is 0.556. The van der Waals surface area contributed by atoms with Crippen LogP contribution in [-0.4, -0.2) is 43.4 Å². The molecule has 1 unspecified atom stereocenters. The van der Waals surface area contributed by atoms with E-state index in [-0.39, 0.29) is 24.0 Å². The molecule has 0 saturated heterocycles. The molecule has 4 rings (SSSR count). The molecule has 22 heavy (non-hydrogen) atoms. The number of hydrogen-bond donors (Lipinski definition) is 1. The van der Waals surface area contributed by atoms with Crippen LogP contribution in [0.15, 0.2) is 24.3 Å². The maximum absolute atomic E-state index is 9.51. The van der Waals surface area contributed by atoms with E-state index in [2.05, 4.69) is 30.2 Å². The zero-order valence-corrected chi connectivity index (χ0v) is 13.2. The number of hydrogen-bond acceptors (Lipinski definition) is 4. The summed E-state index contributed by atoms with van der Waals surface area (Å²) in [6, 6.07) is 4.20. The second-order valence-corrected chi connectivity index (χ2v) is 6.80. The average Bonchev–Trinajstić information content (AvgIpc) is 2.80. The lowest BCUT2D eigenvalue weighted by atomic mass is 9.67. The lowest BCUT2D eigenvalue weighted by molar-refractivity contribution is 0.107. The first kappa shape index (κ1) is 14.1. The van der Waals surface area contributed by atoms with E-state index in [0.29, 0.717) is 0 Å². The Balaban J connectivity index is 1.91. The van der Waals surface area contributed by atoms with E-state index in [1.54, 1.807) is 7.11 Å². The molecule has 1 aliphatic carbocycles. The van der Waals surface area contributed by atoms with Gasteiger partial charge < -0.3 is 19.5 Å². The second kappa shape index (κ2) is 5.00. The van der Waals surface area contributed by atoms with Gasteiger partial charge in [-0.2, -0.15) is 0 Å². The summed E-state index contributed by atoms with van der Waals surface area (Å²) in [5.41, 5.74) is 2.59. The summed E-state index contributed by atoms with van der Waals surface area (Å²) < 4.78 is 11.9. The topological polar surface area (TPSA) is 41.9 Å². The second-order valence-electron chi connectivity index (χ2n) is 6.80. The Morgan fingerprint density at radius 2 is 2.32 bits per heavy atom. The fourth-order valence-corrected chi connectivity index (χ4v) is 4.29. The smallest absolute Gasteiger partial charge is 0.166 e. The van der Waals surface area contributed by atoms with Crippen LogP contribution in [-0.2, 0) is 12.0 Å². The summed E-state index contributed by atoms with van der Waals surface area (Å²) in [5, 5.41) is 9.51. The average molecular weight is 301 g/mol.